The predicted octanol–water partition coefficient (Wildman–Crippen LogP) is 1.14. The van der Waals surface area contributed by atoms with Gasteiger partial charge in [0.25, 0.3) is 11.8 Å². The number of hydrogen-bond acceptors (Lipinski definition) is 11. The quantitative estimate of drug-likeness (QED) is 0.0943. The van der Waals surface area contributed by atoms with Gasteiger partial charge in [-0.3, -0.25) is 9.59 Å². The smallest absolute Gasteiger partial charge is 0.251 e. The van der Waals surface area contributed by atoms with Gasteiger partial charge in [0.15, 0.2) is 0 Å². The van der Waals surface area contributed by atoms with Crippen LogP contribution in [0, 0.1) is 0 Å². The van der Waals surface area contributed by atoms with Crippen molar-refractivity contribution < 1.29 is 49.7 Å². The number of ether oxygens (including phenoxy) is 2. The van der Waals surface area contributed by atoms with E-state index in [1.165, 1.54) is 6.92 Å². The summed E-state index contributed by atoms with van der Waals surface area (Å²) in [4.78, 5) is 26.3. The first-order chi connectivity index (χ1) is 23.1. The van der Waals surface area contributed by atoms with Gasteiger partial charge in [0.2, 0.25) is 0 Å². The molecule has 6 unspecified atom stereocenters. The summed E-state index contributed by atoms with van der Waals surface area (Å²) in [6.07, 6.45) is -8.06. The van der Waals surface area contributed by atoms with Gasteiger partial charge in [-0.05, 0) is 52.7 Å². The van der Waals surface area contributed by atoms with Gasteiger partial charge in [-0.15, -0.1) is 0 Å². The number of aliphatic hydroxyl groups excluding tert-OH is 6. The van der Waals surface area contributed by atoms with Crippen molar-refractivity contribution in [2.24, 2.45) is 0 Å². The van der Waals surface area contributed by atoms with Crippen LogP contribution in [0.25, 0.3) is 21.5 Å². The number of rotatable bonds is 13. The number of carbonyl (C=O) groups is 2. The summed E-state index contributed by atoms with van der Waals surface area (Å²) < 4.78 is 11.6. The van der Waals surface area contributed by atoms with Crippen molar-refractivity contribution in [3.05, 3.63) is 96.1 Å². The molecule has 256 valence electrons. The Morgan fingerprint density at radius 1 is 0.833 bits per heavy atom. The number of benzene rings is 4. The van der Waals surface area contributed by atoms with E-state index in [-0.39, 0.29) is 12.1 Å². The highest BCUT2D eigenvalue weighted by Crippen LogP contribution is 2.34. The molecule has 0 aliphatic carbocycles. The molecular weight excluding hydrogens is 640 g/mol. The third-order valence-electron chi connectivity index (χ3n) is 8.29. The van der Waals surface area contributed by atoms with Crippen LogP contribution in [0.2, 0.25) is 0 Å². The van der Waals surface area contributed by atoms with E-state index in [9.17, 15) is 40.2 Å². The zero-order valence-electron chi connectivity index (χ0n) is 26.1. The minimum Gasteiger partial charge on any atom is -0.394 e. The molecule has 0 spiro atoms. The zero-order valence-corrected chi connectivity index (χ0v) is 26.9. The van der Waals surface area contributed by atoms with Crippen LogP contribution in [0.4, 0.5) is 0 Å². The van der Waals surface area contributed by atoms with Crippen LogP contribution >= 0.6 is 11.8 Å². The van der Waals surface area contributed by atoms with Crippen molar-refractivity contribution in [1.82, 2.24) is 10.6 Å². The largest absolute Gasteiger partial charge is 0.394 e. The zero-order chi connectivity index (χ0) is 34.4. The standard InChI is InChI=1S/C35H40N2O10S/c1-19(40)27(17-38)46-34(26(41)16-36-32(44)24-12-10-20-6-2-4-8-22(20)14-24)48-35-31(43)29(30(42)28(18-39)47-35)37-33(45)25-13-11-21-7-3-5-9-23(21)15-25/h2-15,19,26-31,34-35,38-43H,16-18H2,1H3,(H,36,44)(H,37,45)/t19-,26?,27?,28-,29?,30?,31?,34?,35+/m1/s1. The second-order valence-corrected chi connectivity index (χ2v) is 12.9. The van der Waals surface area contributed by atoms with Gasteiger partial charge in [-0.1, -0.05) is 72.4 Å². The molecule has 1 saturated heterocycles. The molecule has 0 radical (unpaired) electrons. The summed E-state index contributed by atoms with van der Waals surface area (Å²) in [5, 5.41) is 72.3. The normalized spacial score (nSPS) is 23.7. The van der Waals surface area contributed by atoms with Gasteiger partial charge in [-0.2, -0.15) is 0 Å². The molecule has 1 aliphatic heterocycles. The third-order valence-corrected chi connectivity index (χ3v) is 9.64. The Morgan fingerprint density at radius 2 is 1.40 bits per heavy atom. The van der Waals surface area contributed by atoms with Crippen molar-refractivity contribution >= 4 is 45.1 Å². The molecule has 13 heteroatoms. The predicted molar refractivity (Wildman–Crippen MR) is 180 cm³/mol. The van der Waals surface area contributed by atoms with Gasteiger partial charge < -0.3 is 50.7 Å². The fourth-order valence-corrected chi connectivity index (χ4v) is 6.77. The summed E-state index contributed by atoms with van der Waals surface area (Å²) in [5.74, 6) is -1.04. The molecule has 0 bridgehead atoms. The van der Waals surface area contributed by atoms with Crippen molar-refractivity contribution in [1.29, 1.82) is 0 Å². The van der Waals surface area contributed by atoms with Crippen LogP contribution in [0.3, 0.4) is 0 Å². The number of nitrogens with one attached hydrogen (secondary N) is 2. The van der Waals surface area contributed by atoms with Crippen LogP contribution in [-0.2, 0) is 9.47 Å². The summed E-state index contributed by atoms with van der Waals surface area (Å²) in [7, 11) is 0. The molecule has 1 heterocycles. The summed E-state index contributed by atoms with van der Waals surface area (Å²) in [5.41, 5.74) is -1.94. The van der Waals surface area contributed by atoms with Crippen molar-refractivity contribution in [2.75, 3.05) is 19.8 Å². The Labute approximate surface area is 281 Å². The van der Waals surface area contributed by atoms with E-state index in [1.54, 1.807) is 36.4 Å². The van der Waals surface area contributed by atoms with Crippen LogP contribution in [0.5, 0.6) is 0 Å². The maximum Gasteiger partial charge on any atom is 0.251 e. The highest BCUT2D eigenvalue weighted by atomic mass is 32.2. The molecule has 8 N–H and O–H groups in total. The molecule has 0 saturated carbocycles. The maximum absolute atomic E-state index is 13.3. The fourth-order valence-electron chi connectivity index (χ4n) is 5.49. The van der Waals surface area contributed by atoms with Gasteiger partial charge in [0.05, 0.1) is 25.4 Å². The van der Waals surface area contributed by atoms with E-state index in [1.807, 2.05) is 48.5 Å². The Bertz CT molecular complexity index is 1710. The topological polar surface area (TPSA) is 198 Å². The molecule has 5 rings (SSSR count). The number of carbonyl (C=O) groups excluding carboxylic acids is 2. The van der Waals surface area contributed by atoms with Gasteiger partial charge >= 0.3 is 0 Å². The number of hydrogen-bond donors (Lipinski definition) is 8. The fraction of sp³-hybridized carbons (Fsp3) is 0.371. The van der Waals surface area contributed by atoms with E-state index in [2.05, 4.69) is 10.6 Å². The third kappa shape index (κ3) is 8.32. The van der Waals surface area contributed by atoms with Gasteiger partial charge in [-0.25, -0.2) is 0 Å². The first kappa shape index (κ1) is 35.7. The lowest BCUT2D eigenvalue weighted by Crippen LogP contribution is -2.64. The Morgan fingerprint density at radius 3 is 1.94 bits per heavy atom. The Hall–Kier alpha value is -3.63. The SMILES string of the molecule is C[C@@H](O)C(CO)OC(S[C@@H]1O[C@H](CO)C(O)C(NC(=O)c2ccc3ccccc3c2)C1O)C(O)CNC(=O)c1ccc2ccccc2c1. The van der Waals surface area contributed by atoms with Crippen LogP contribution in [-0.4, -0.2) is 116 Å². The highest BCUT2D eigenvalue weighted by Gasteiger charge is 2.47. The molecule has 2 amide bonds. The van der Waals surface area contributed by atoms with E-state index < -0.39 is 78.6 Å². The first-order valence-corrected chi connectivity index (χ1v) is 16.5. The summed E-state index contributed by atoms with van der Waals surface area (Å²) in [6.45, 7) is -0.200. The Kier molecular flexibility index (Phi) is 12.0. The van der Waals surface area contributed by atoms with Crippen molar-refractivity contribution in [3.8, 4) is 0 Å². The van der Waals surface area contributed by atoms with Gasteiger partial charge in [0.1, 0.15) is 41.4 Å². The number of fused-ring (bicyclic) bond motifs is 2. The Balaban J connectivity index is 1.31. The second kappa shape index (κ2) is 16.2. The van der Waals surface area contributed by atoms with Crippen LogP contribution in [0.1, 0.15) is 27.6 Å². The average molecular weight is 681 g/mol. The van der Waals surface area contributed by atoms with Crippen molar-refractivity contribution in [2.45, 2.75) is 60.5 Å². The highest BCUT2D eigenvalue weighted by molar-refractivity contribution is 8.00. The minimum absolute atomic E-state index is 0.283. The molecule has 9 atom stereocenters. The molecule has 0 aromatic heterocycles. The molecule has 4 aromatic carbocycles. The second-order valence-electron chi connectivity index (χ2n) is 11.7. The lowest BCUT2D eigenvalue weighted by Gasteiger charge is -2.43. The van der Waals surface area contributed by atoms with E-state index in [4.69, 9.17) is 9.47 Å². The number of amides is 2. The summed E-state index contributed by atoms with van der Waals surface area (Å²) in [6, 6.07) is 23.9. The lowest BCUT2D eigenvalue weighted by molar-refractivity contribution is -0.166. The molecule has 4 aromatic rings. The number of thioether (sulfide) groups is 1. The molecule has 1 fully saturated rings. The monoisotopic (exact) mass is 680 g/mol. The maximum atomic E-state index is 13.3. The van der Waals surface area contributed by atoms with E-state index in [0.717, 1.165) is 33.3 Å². The van der Waals surface area contributed by atoms with E-state index >= 15 is 0 Å². The first-order valence-electron chi connectivity index (χ1n) is 15.6. The molecule has 12 nitrogen and oxygen atoms in total. The van der Waals surface area contributed by atoms with Gasteiger partial charge in [0, 0.05) is 17.7 Å². The lowest BCUT2D eigenvalue weighted by atomic mass is 9.96. The molecule has 1 aliphatic rings. The van der Waals surface area contributed by atoms with E-state index in [0.29, 0.717) is 5.56 Å². The van der Waals surface area contributed by atoms with Crippen LogP contribution in [0.15, 0.2) is 84.9 Å². The average Bonchev–Trinajstić information content (AvgIpc) is 3.10. The number of aliphatic hydroxyl groups is 6. The molecular formula is C35H40N2O10S. The van der Waals surface area contributed by atoms with Crippen LogP contribution < -0.4 is 10.6 Å². The minimum atomic E-state index is -1.57. The summed E-state index contributed by atoms with van der Waals surface area (Å²) >= 11 is 0.751. The van der Waals surface area contributed by atoms with Crippen molar-refractivity contribution in [3.63, 3.8) is 0 Å². The molecule has 48 heavy (non-hydrogen) atoms.